The molecule has 0 aliphatic heterocycles. The average Bonchev–Trinajstić information content (AvgIpc) is 2.37. The number of hydrogen-bond acceptors (Lipinski definition) is 4. The van der Waals surface area contributed by atoms with Crippen molar-refractivity contribution >= 4 is 21.9 Å². The smallest absolute Gasteiger partial charge is 0.354 e. The zero-order valence-electron chi connectivity index (χ0n) is 10.3. The minimum atomic E-state index is -1.07. The Hall–Kier alpha value is -1.95. The van der Waals surface area contributed by atoms with Gasteiger partial charge in [-0.25, -0.2) is 14.8 Å². The normalized spacial score (nSPS) is 10.3. The number of ether oxygens (including phenoxy) is 1. The van der Waals surface area contributed by atoms with Crippen molar-refractivity contribution in [3.05, 3.63) is 40.1 Å². The summed E-state index contributed by atoms with van der Waals surface area (Å²) in [7, 11) is 1.57. The maximum Gasteiger partial charge on any atom is 0.354 e. The summed E-state index contributed by atoms with van der Waals surface area (Å²) in [4.78, 5) is 19.3. The van der Waals surface area contributed by atoms with Crippen LogP contribution < -0.4 is 4.74 Å². The van der Waals surface area contributed by atoms with E-state index in [1.54, 1.807) is 32.2 Å². The number of carboxylic acid groups (broad SMARTS) is 1. The van der Waals surface area contributed by atoms with Crippen LogP contribution in [-0.4, -0.2) is 28.2 Å². The Morgan fingerprint density at radius 3 is 2.63 bits per heavy atom. The highest BCUT2D eigenvalue weighted by molar-refractivity contribution is 9.10. The monoisotopic (exact) mass is 322 g/mol. The van der Waals surface area contributed by atoms with Gasteiger partial charge in [0.1, 0.15) is 5.75 Å². The summed E-state index contributed by atoms with van der Waals surface area (Å²) in [6.45, 7) is 1.73. The van der Waals surface area contributed by atoms with E-state index in [2.05, 4.69) is 25.9 Å². The third-order valence-corrected chi connectivity index (χ3v) is 3.10. The van der Waals surface area contributed by atoms with Crippen LogP contribution in [0.1, 0.15) is 16.2 Å². The van der Waals surface area contributed by atoms with Crippen LogP contribution in [0.3, 0.4) is 0 Å². The minimum absolute atomic E-state index is 0.0190. The van der Waals surface area contributed by atoms with Crippen molar-refractivity contribution in [2.45, 2.75) is 6.92 Å². The van der Waals surface area contributed by atoms with E-state index in [1.807, 2.05) is 0 Å². The van der Waals surface area contributed by atoms with Gasteiger partial charge in [-0.2, -0.15) is 0 Å². The number of aromatic nitrogens is 2. The molecule has 2 aromatic rings. The molecular weight excluding hydrogens is 312 g/mol. The van der Waals surface area contributed by atoms with Crippen molar-refractivity contribution in [3.8, 4) is 17.1 Å². The summed E-state index contributed by atoms with van der Waals surface area (Å²) in [5.74, 6) is -0.00468. The largest absolute Gasteiger partial charge is 0.496 e. The predicted molar refractivity (Wildman–Crippen MR) is 73.4 cm³/mol. The minimum Gasteiger partial charge on any atom is -0.496 e. The molecule has 6 heteroatoms. The summed E-state index contributed by atoms with van der Waals surface area (Å²) >= 11 is 3.37. The fourth-order valence-electron chi connectivity index (χ4n) is 1.61. The first kappa shape index (κ1) is 13.5. The molecule has 19 heavy (non-hydrogen) atoms. The van der Waals surface area contributed by atoms with Crippen molar-refractivity contribution in [2.75, 3.05) is 7.11 Å². The molecular formula is C13H11BrN2O3. The molecule has 0 spiro atoms. The van der Waals surface area contributed by atoms with Gasteiger partial charge in [0.2, 0.25) is 0 Å². The molecule has 0 bridgehead atoms. The molecule has 0 atom stereocenters. The maximum atomic E-state index is 11.0. The van der Waals surface area contributed by atoms with Crippen molar-refractivity contribution in [1.82, 2.24) is 9.97 Å². The van der Waals surface area contributed by atoms with Crippen molar-refractivity contribution < 1.29 is 14.6 Å². The molecule has 0 radical (unpaired) electrons. The SMILES string of the molecule is COc1ccc(-c2nc(C)cc(C(=O)O)n2)cc1Br. The fourth-order valence-corrected chi connectivity index (χ4v) is 2.15. The Balaban J connectivity index is 2.52. The topological polar surface area (TPSA) is 72.3 Å². The summed E-state index contributed by atoms with van der Waals surface area (Å²) in [5, 5.41) is 9.00. The van der Waals surface area contributed by atoms with Crippen LogP contribution >= 0.6 is 15.9 Å². The number of nitrogens with zero attached hydrogens (tertiary/aromatic N) is 2. The van der Waals surface area contributed by atoms with Crippen molar-refractivity contribution in [2.24, 2.45) is 0 Å². The summed E-state index contributed by atoms with van der Waals surface area (Å²) in [6, 6.07) is 6.78. The molecule has 1 aromatic heterocycles. The van der Waals surface area contributed by atoms with Crippen LogP contribution in [-0.2, 0) is 0 Å². The highest BCUT2D eigenvalue weighted by atomic mass is 79.9. The number of halogens is 1. The van der Waals surface area contributed by atoms with E-state index in [0.717, 1.165) is 10.0 Å². The Kier molecular flexibility index (Phi) is 3.80. The molecule has 5 nitrogen and oxygen atoms in total. The summed E-state index contributed by atoms with van der Waals surface area (Å²) in [5.41, 5.74) is 1.31. The van der Waals surface area contributed by atoms with Gasteiger partial charge in [-0.3, -0.25) is 0 Å². The lowest BCUT2D eigenvalue weighted by Crippen LogP contribution is -2.04. The highest BCUT2D eigenvalue weighted by Crippen LogP contribution is 2.29. The van der Waals surface area contributed by atoms with Crippen LogP contribution in [0.15, 0.2) is 28.7 Å². The molecule has 1 N–H and O–H groups in total. The van der Waals surface area contributed by atoms with Gasteiger partial charge >= 0.3 is 5.97 Å². The number of aryl methyl sites for hydroxylation is 1. The number of carbonyl (C=O) groups is 1. The van der Waals surface area contributed by atoms with Gasteiger partial charge in [-0.1, -0.05) is 0 Å². The van der Waals surface area contributed by atoms with Crippen LogP contribution in [0, 0.1) is 6.92 Å². The number of methoxy groups -OCH3 is 1. The molecule has 1 aromatic carbocycles. The zero-order chi connectivity index (χ0) is 14.0. The molecule has 0 fully saturated rings. The van der Waals surface area contributed by atoms with Gasteiger partial charge in [-0.05, 0) is 47.1 Å². The third-order valence-electron chi connectivity index (χ3n) is 2.48. The Bertz CT molecular complexity index is 644. The van der Waals surface area contributed by atoms with Crippen LogP contribution in [0.4, 0.5) is 0 Å². The molecule has 0 saturated carbocycles. The van der Waals surface area contributed by atoms with Gasteiger partial charge in [0.25, 0.3) is 0 Å². The van der Waals surface area contributed by atoms with E-state index in [9.17, 15) is 4.79 Å². The van der Waals surface area contributed by atoms with E-state index < -0.39 is 5.97 Å². The average molecular weight is 323 g/mol. The third kappa shape index (κ3) is 2.90. The van der Waals surface area contributed by atoms with Gasteiger partial charge in [0.15, 0.2) is 11.5 Å². The van der Waals surface area contributed by atoms with Crippen LogP contribution in [0.2, 0.25) is 0 Å². The zero-order valence-corrected chi connectivity index (χ0v) is 11.9. The van der Waals surface area contributed by atoms with E-state index in [1.165, 1.54) is 6.07 Å². The highest BCUT2D eigenvalue weighted by Gasteiger charge is 2.11. The second-order valence-corrected chi connectivity index (χ2v) is 4.73. The van der Waals surface area contributed by atoms with Crippen LogP contribution in [0.5, 0.6) is 5.75 Å². The number of benzene rings is 1. The van der Waals surface area contributed by atoms with E-state index >= 15 is 0 Å². The first-order chi connectivity index (χ1) is 9.01. The Labute approximate surface area is 118 Å². The first-order valence-electron chi connectivity index (χ1n) is 5.44. The number of rotatable bonds is 3. The first-order valence-corrected chi connectivity index (χ1v) is 6.23. The molecule has 0 aliphatic rings. The lowest BCUT2D eigenvalue weighted by Gasteiger charge is -2.07. The second kappa shape index (κ2) is 5.36. The molecule has 0 aliphatic carbocycles. The van der Waals surface area contributed by atoms with Gasteiger partial charge in [0, 0.05) is 11.3 Å². The van der Waals surface area contributed by atoms with Gasteiger partial charge < -0.3 is 9.84 Å². The van der Waals surface area contributed by atoms with E-state index in [4.69, 9.17) is 9.84 Å². The van der Waals surface area contributed by atoms with E-state index in [0.29, 0.717) is 17.3 Å². The number of aromatic carboxylic acids is 1. The molecule has 98 valence electrons. The van der Waals surface area contributed by atoms with Crippen molar-refractivity contribution in [3.63, 3.8) is 0 Å². The fraction of sp³-hybridized carbons (Fsp3) is 0.154. The molecule has 1 heterocycles. The Morgan fingerprint density at radius 2 is 2.05 bits per heavy atom. The maximum absolute atomic E-state index is 11.0. The Morgan fingerprint density at radius 1 is 1.32 bits per heavy atom. The molecule has 0 unspecified atom stereocenters. The quantitative estimate of drug-likeness (QED) is 0.940. The second-order valence-electron chi connectivity index (χ2n) is 3.87. The molecule has 2 rings (SSSR count). The lowest BCUT2D eigenvalue weighted by atomic mass is 10.2. The predicted octanol–water partition coefficient (Wildman–Crippen LogP) is 2.92. The molecule has 0 saturated heterocycles. The number of hydrogen-bond donors (Lipinski definition) is 1. The van der Waals surface area contributed by atoms with E-state index in [-0.39, 0.29) is 5.69 Å². The van der Waals surface area contributed by atoms with Crippen LogP contribution in [0.25, 0.3) is 11.4 Å². The van der Waals surface area contributed by atoms with Crippen molar-refractivity contribution in [1.29, 1.82) is 0 Å². The number of carboxylic acids is 1. The van der Waals surface area contributed by atoms with Gasteiger partial charge in [0.05, 0.1) is 11.6 Å². The summed E-state index contributed by atoms with van der Waals surface area (Å²) in [6.07, 6.45) is 0. The lowest BCUT2D eigenvalue weighted by molar-refractivity contribution is 0.0690. The standard InChI is InChI=1S/C13H11BrN2O3/c1-7-5-10(13(17)18)16-12(15-7)8-3-4-11(19-2)9(14)6-8/h3-6H,1-2H3,(H,17,18). The summed E-state index contributed by atoms with van der Waals surface area (Å²) < 4.78 is 5.90. The van der Waals surface area contributed by atoms with Gasteiger partial charge in [-0.15, -0.1) is 0 Å². The molecule has 0 amide bonds.